The number of aromatic nitrogens is 1. The minimum absolute atomic E-state index is 0.0961. The molecule has 0 aliphatic heterocycles. The molecule has 0 saturated carbocycles. The van der Waals surface area contributed by atoms with Crippen molar-refractivity contribution in [2.24, 2.45) is 0 Å². The van der Waals surface area contributed by atoms with Crippen molar-refractivity contribution in [3.63, 3.8) is 0 Å². The Labute approximate surface area is 112 Å². The fourth-order valence-electron chi connectivity index (χ4n) is 1.67. The number of carboxylic acids is 1. The molecule has 1 heterocycles. The number of carbonyl (C=O) groups excluding carboxylic acids is 1. The van der Waals surface area contributed by atoms with E-state index >= 15 is 0 Å². The topological polar surface area (TPSA) is 91.3 Å². The van der Waals surface area contributed by atoms with Gasteiger partial charge in [0.15, 0.2) is 0 Å². The van der Waals surface area contributed by atoms with Gasteiger partial charge in [-0.2, -0.15) is 0 Å². The number of carbonyl (C=O) groups is 2. The first-order valence-corrected chi connectivity index (χ1v) is 6.21. The molecule has 1 rings (SSSR count). The third-order valence-corrected chi connectivity index (χ3v) is 2.49. The number of carboxylic acid groups (broad SMARTS) is 1. The van der Waals surface area contributed by atoms with Crippen molar-refractivity contribution in [1.29, 1.82) is 0 Å². The van der Waals surface area contributed by atoms with Crippen molar-refractivity contribution < 1.29 is 14.7 Å². The first-order chi connectivity index (χ1) is 9.01. The largest absolute Gasteiger partial charge is 0.481 e. The summed E-state index contributed by atoms with van der Waals surface area (Å²) in [4.78, 5) is 26.2. The quantitative estimate of drug-likeness (QED) is 0.685. The van der Waals surface area contributed by atoms with Gasteiger partial charge in [-0.15, -0.1) is 0 Å². The first kappa shape index (κ1) is 15.1. The van der Waals surface area contributed by atoms with Gasteiger partial charge in [-0.25, -0.2) is 0 Å². The summed E-state index contributed by atoms with van der Waals surface area (Å²) in [5, 5.41) is 14.5. The van der Waals surface area contributed by atoms with Crippen LogP contribution in [0.4, 0.5) is 5.69 Å². The van der Waals surface area contributed by atoms with Crippen LogP contribution in [0.5, 0.6) is 0 Å². The number of anilines is 1. The highest BCUT2D eigenvalue weighted by atomic mass is 16.4. The molecule has 1 unspecified atom stereocenters. The van der Waals surface area contributed by atoms with E-state index in [1.54, 1.807) is 12.1 Å². The van der Waals surface area contributed by atoms with Crippen LogP contribution >= 0.6 is 0 Å². The number of hydrogen-bond donors (Lipinski definition) is 3. The Morgan fingerprint density at radius 1 is 1.42 bits per heavy atom. The van der Waals surface area contributed by atoms with Gasteiger partial charge in [0.2, 0.25) is 5.91 Å². The summed E-state index contributed by atoms with van der Waals surface area (Å²) < 4.78 is 0. The Hall–Kier alpha value is -1.95. The summed E-state index contributed by atoms with van der Waals surface area (Å²) in [5.74, 6) is -1.02. The number of aliphatic carboxylic acids is 1. The predicted molar refractivity (Wildman–Crippen MR) is 72.0 cm³/mol. The van der Waals surface area contributed by atoms with Crippen LogP contribution in [0, 0.1) is 0 Å². The molecule has 6 nitrogen and oxygen atoms in total. The van der Waals surface area contributed by atoms with Gasteiger partial charge in [0.1, 0.15) is 0 Å². The maximum atomic E-state index is 11.7. The van der Waals surface area contributed by atoms with Gasteiger partial charge in [-0.1, -0.05) is 6.92 Å². The van der Waals surface area contributed by atoms with E-state index in [0.717, 1.165) is 6.54 Å². The highest BCUT2D eigenvalue weighted by molar-refractivity contribution is 5.90. The van der Waals surface area contributed by atoms with Gasteiger partial charge < -0.3 is 15.7 Å². The molecule has 1 aromatic heterocycles. The van der Waals surface area contributed by atoms with Crippen molar-refractivity contribution in [1.82, 2.24) is 10.3 Å². The second-order valence-corrected chi connectivity index (χ2v) is 4.32. The van der Waals surface area contributed by atoms with Crippen molar-refractivity contribution in [2.45, 2.75) is 32.7 Å². The lowest BCUT2D eigenvalue weighted by Crippen LogP contribution is -2.30. The van der Waals surface area contributed by atoms with Crippen molar-refractivity contribution in [3.8, 4) is 0 Å². The fourth-order valence-corrected chi connectivity index (χ4v) is 1.67. The van der Waals surface area contributed by atoms with Gasteiger partial charge in [0.05, 0.1) is 24.0 Å². The monoisotopic (exact) mass is 265 g/mol. The molecule has 0 spiro atoms. The predicted octanol–water partition coefficient (Wildman–Crippen LogP) is 1.04. The summed E-state index contributed by atoms with van der Waals surface area (Å²) >= 11 is 0. The normalized spacial score (nSPS) is 11.9. The van der Waals surface area contributed by atoms with E-state index in [9.17, 15) is 9.59 Å². The molecule has 1 amide bonds. The number of hydrogen-bond acceptors (Lipinski definition) is 4. The lowest BCUT2D eigenvalue weighted by atomic mass is 10.2. The average molecular weight is 265 g/mol. The van der Waals surface area contributed by atoms with Gasteiger partial charge in [-0.3, -0.25) is 14.6 Å². The van der Waals surface area contributed by atoms with E-state index in [2.05, 4.69) is 15.6 Å². The lowest BCUT2D eigenvalue weighted by Gasteiger charge is -2.12. The Balaban J connectivity index is 2.48. The van der Waals surface area contributed by atoms with E-state index in [4.69, 9.17) is 5.11 Å². The van der Waals surface area contributed by atoms with Crippen LogP contribution in [0.2, 0.25) is 0 Å². The first-order valence-electron chi connectivity index (χ1n) is 6.21. The van der Waals surface area contributed by atoms with Crippen LogP contribution in [0.3, 0.4) is 0 Å². The minimum atomic E-state index is -0.927. The van der Waals surface area contributed by atoms with Crippen LogP contribution in [0.1, 0.15) is 26.0 Å². The summed E-state index contributed by atoms with van der Waals surface area (Å²) in [7, 11) is 0. The molecule has 19 heavy (non-hydrogen) atoms. The maximum Gasteiger partial charge on any atom is 0.309 e. The Kier molecular flexibility index (Phi) is 5.95. The number of pyridine rings is 1. The molecular formula is C13H19N3O3. The van der Waals surface area contributed by atoms with Gasteiger partial charge in [0.25, 0.3) is 0 Å². The molecule has 0 aliphatic rings. The Morgan fingerprint density at radius 2 is 2.16 bits per heavy atom. The lowest BCUT2D eigenvalue weighted by molar-refractivity contribution is -0.136. The summed E-state index contributed by atoms with van der Waals surface area (Å²) in [5.41, 5.74) is 1.04. The summed E-state index contributed by atoms with van der Waals surface area (Å²) in [6, 6.07) is 3.36. The number of amides is 1. The van der Waals surface area contributed by atoms with E-state index < -0.39 is 5.97 Å². The molecule has 0 aliphatic carbocycles. The molecule has 0 aromatic carbocycles. The van der Waals surface area contributed by atoms with E-state index in [-0.39, 0.29) is 18.4 Å². The highest BCUT2D eigenvalue weighted by Crippen LogP contribution is 2.07. The molecule has 0 saturated heterocycles. The zero-order chi connectivity index (χ0) is 14.3. The van der Waals surface area contributed by atoms with Crippen LogP contribution in [0.25, 0.3) is 0 Å². The van der Waals surface area contributed by atoms with E-state index in [1.165, 1.54) is 6.20 Å². The summed E-state index contributed by atoms with van der Waals surface area (Å²) in [6.07, 6.45) is 1.73. The van der Waals surface area contributed by atoms with Gasteiger partial charge in [0, 0.05) is 12.5 Å². The van der Waals surface area contributed by atoms with Gasteiger partial charge >= 0.3 is 5.97 Å². The zero-order valence-electron chi connectivity index (χ0n) is 11.1. The van der Waals surface area contributed by atoms with Gasteiger partial charge in [-0.05, 0) is 25.6 Å². The number of nitrogens with one attached hydrogen (secondary N) is 2. The second kappa shape index (κ2) is 7.48. The molecule has 3 N–H and O–H groups in total. The minimum Gasteiger partial charge on any atom is -0.481 e. The molecule has 1 aromatic rings. The fraction of sp³-hybridized carbons (Fsp3) is 0.462. The summed E-state index contributed by atoms with van der Waals surface area (Å²) in [6.45, 7) is 4.75. The Bertz CT molecular complexity index is 431. The van der Waals surface area contributed by atoms with E-state index in [0.29, 0.717) is 17.8 Å². The van der Waals surface area contributed by atoms with Crippen LogP contribution in [0.15, 0.2) is 18.3 Å². The molecule has 0 bridgehead atoms. The van der Waals surface area contributed by atoms with Crippen molar-refractivity contribution >= 4 is 17.6 Å². The SMILES string of the molecule is CCNC(C)CC(=O)Nc1ccc(CC(=O)O)nc1. The third-order valence-electron chi connectivity index (χ3n) is 2.49. The van der Waals surface area contributed by atoms with Crippen molar-refractivity contribution in [2.75, 3.05) is 11.9 Å². The standard InChI is InChI=1S/C13H19N3O3/c1-3-14-9(2)6-12(17)16-11-5-4-10(15-8-11)7-13(18)19/h4-5,8-9,14H,3,6-7H2,1-2H3,(H,16,17)(H,18,19). The third kappa shape index (κ3) is 5.96. The second-order valence-electron chi connectivity index (χ2n) is 4.32. The highest BCUT2D eigenvalue weighted by Gasteiger charge is 2.08. The smallest absolute Gasteiger partial charge is 0.309 e. The average Bonchev–Trinajstić information content (AvgIpc) is 2.31. The van der Waals surface area contributed by atoms with Crippen LogP contribution < -0.4 is 10.6 Å². The number of rotatable bonds is 7. The van der Waals surface area contributed by atoms with E-state index in [1.807, 2.05) is 13.8 Å². The maximum absolute atomic E-state index is 11.7. The number of nitrogens with zero attached hydrogens (tertiary/aromatic N) is 1. The van der Waals surface area contributed by atoms with Crippen molar-refractivity contribution in [3.05, 3.63) is 24.0 Å². The zero-order valence-corrected chi connectivity index (χ0v) is 11.1. The van der Waals surface area contributed by atoms with Crippen LogP contribution in [-0.2, 0) is 16.0 Å². The molecule has 6 heteroatoms. The molecular weight excluding hydrogens is 246 g/mol. The molecule has 0 radical (unpaired) electrons. The Morgan fingerprint density at radius 3 is 2.68 bits per heavy atom. The van der Waals surface area contributed by atoms with Crippen LogP contribution in [-0.4, -0.2) is 34.6 Å². The molecule has 104 valence electrons. The molecule has 1 atom stereocenters. The molecule has 0 fully saturated rings.